The Morgan fingerprint density at radius 3 is 2.57 bits per heavy atom. The third kappa shape index (κ3) is 1.71. The fourth-order valence-electron chi connectivity index (χ4n) is 3.26. The highest BCUT2D eigenvalue weighted by molar-refractivity contribution is 7.99. The van der Waals surface area contributed by atoms with Crippen molar-refractivity contribution >= 4 is 11.8 Å². The van der Waals surface area contributed by atoms with E-state index in [1.54, 1.807) is 0 Å². The molecule has 0 N–H and O–H groups in total. The van der Waals surface area contributed by atoms with Crippen molar-refractivity contribution in [2.24, 2.45) is 5.92 Å². The maximum absolute atomic E-state index is 2.80. The summed E-state index contributed by atoms with van der Waals surface area (Å²) in [6.07, 6.45) is 2.78. The molecule has 0 bridgehead atoms. The molecular formula is C12H23NS. The van der Waals surface area contributed by atoms with E-state index in [4.69, 9.17) is 0 Å². The van der Waals surface area contributed by atoms with Gasteiger partial charge in [-0.2, -0.15) is 11.8 Å². The van der Waals surface area contributed by atoms with E-state index in [0.717, 1.165) is 18.0 Å². The summed E-state index contributed by atoms with van der Waals surface area (Å²) in [5.41, 5.74) is 0.366. The van der Waals surface area contributed by atoms with Gasteiger partial charge in [0.1, 0.15) is 0 Å². The summed E-state index contributed by atoms with van der Waals surface area (Å²) in [4.78, 5) is 2.80. The molecule has 2 heteroatoms. The van der Waals surface area contributed by atoms with E-state index in [1.807, 2.05) is 0 Å². The summed E-state index contributed by atoms with van der Waals surface area (Å²) in [6.45, 7) is 9.47. The van der Waals surface area contributed by atoms with E-state index < -0.39 is 0 Å². The zero-order chi connectivity index (χ0) is 10.3. The van der Waals surface area contributed by atoms with Crippen LogP contribution in [0.15, 0.2) is 0 Å². The molecule has 1 nitrogen and oxygen atoms in total. The first-order chi connectivity index (χ1) is 6.54. The maximum atomic E-state index is 2.80. The topological polar surface area (TPSA) is 3.24 Å². The molecule has 0 aromatic carbocycles. The summed E-state index contributed by atoms with van der Waals surface area (Å²) in [6, 6.07) is 1.73. The minimum absolute atomic E-state index is 0.366. The Kier molecular flexibility index (Phi) is 2.87. The maximum Gasteiger partial charge on any atom is 0.0231 e. The van der Waals surface area contributed by atoms with Crippen molar-refractivity contribution in [1.29, 1.82) is 0 Å². The molecule has 3 atom stereocenters. The minimum Gasteiger partial charge on any atom is -0.291 e. The van der Waals surface area contributed by atoms with Crippen LogP contribution in [0.2, 0.25) is 0 Å². The van der Waals surface area contributed by atoms with Gasteiger partial charge in [0.05, 0.1) is 0 Å². The molecule has 2 aliphatic rings. The Morgan fingerprint density at radius 1 is 1.29 bits per heavy atom. The Balaban J connectivity index is 2.17. The van der Waals surface area contributed by atoms with Crippen molar-refractivity contribution in [3.05, 3.63) is 0 Å². The summed E-state index contributed by atoms with van der Waals surface area (Å²) in [5.74, 6) is 3.77. The van der Waals surface area contributed by atoms with Gasteiger partial charge < -0.3 is 0 Å². The van der Waals surface area contributed by atoms with Crippen molar-refractivity contribution in [3.8, 4) is 0 Å². The fourth-order valence-corrected chi connectivity index (χ4v) is 4.73. The monoisotopic (exact) mass is 213 g/mol. The van der Waals surface area contributed by atoms with Crippen LogP contribution in [0.3, 0.4) is 0 Å². The van der Waals surface area contributed by atoms with E-state index in [-0.39, 0.29) is 0 Å². The third-order valence-electron chi connectivity index (χ3n) is 3.74. The molecule has 0 spiro atoms. The summed E-state index contributed by atoms with van der Waals surface area (Å²) < 4.78 is 0. The molecule has 2 rings (SSSR count). The summed E-state index contributed by atoms with van der Waals surface area (Å²) in [7, 11) is 0. The fraction of sp³-hybridized carbons (Fsp3) is 1.00. The number of rotatable bonds is 1. The normalized spacial score (nSPS) is 39.0. The van der Waals surface area contributed by atoms with Gasteiger partial charge in [0.15, 0.2) is 0 Å². The molecule has 0 aliphatic carbocycles. The van der Waals surface area contributed by atoms with Gasteiger partial charge in [-0.25, -0.2) is 0 Å². The Labute approximate surface area is 92.6 Å². The lowest BCUT2D eigenvalue weighted by molar-refractivity contribution is 0.0797. The molecule has 0 aromatic rings. The van der Waals surface area contributed by atoms with E-state index in [1.165, 1.54) is 24.3 Å². The number of hydrogen-bond acceptors (Lipinski definition) is 2. The molecule has 0 radical (unpaired) electrons. The molecule has 82 valence electrons. The Morgan fingerprint density at radius 2 is 2.00 bits per heavy atom. The molecule has 2 heterocycles. The minimum atomic E-state index is 0.366. The first-order valence-corrected chi connectivity index (χ1v) is 7.05. The first kappa shape index (κ1) is 10.8. The summed E-state index contributed by atoms with van der Waals surface area (Å²) in [5, 5.41) is 0. The molecular weight excluding hydrogens is 190 g/mol. The standard InChI is InChI=1S/C12H23NS/c1-5-10-6-9-7-14-8-11(9)13(10)12(2,3)4/h9-11H,5-8H2,1-4H3. The molecule has 0 amide bonds. The van der Waals surface area contributed by atoms with Crippen molar-refractivity contribution in [2.45, 2.75) is 58.2 Å². The van der Waals surface area contributed by atoms with Gasteiger partial charge in [0, 0.05) is 23.4 Å². The SMILES string of the molecule is CCC1CC2CSCC2N1C(C)(C)C. The van der Waals surface area contributed by atoms with Gasteiger partial charge in [-0.15, -0.1) is 0 Å². The van der Waals surface area contributed by atoms with Crippen molar-refractivity contribution in [1.82, 2.24) is 4.90 Å². The number of thioether (sulfide) groups is 1. The predicted molar refractivity (Wildman–Crippen MR) is 64.9 cm³/mol. The van der Waals surface area contributed by atoms with Crippen LogP contribution in [0.25, 0.3) is 0 Å². The van der Waals surface area contributed by atoms with Gasteiger partial charge in [0.2, 0.25) is 0 Å². The van der Waals surface area contributed by atoms with Crippen molar-refractivity contribution < 1.29 is 0 Å². The lowest BCUT2D eigenvalue weighted by Crippen LogP contribution is -2.49. The van der Waals surface area contributed by atoms with E-state index in [9.17, 15) is 0 Å². The summed E-state index contributed by atoms with van der Waals surface area (Å²) >= 11 is 2.16. The highest BCUT2D eigenvalue weighted by atomic mass is 32.2. The van der Waals surface area contributed by atoms with E-state index in [2.05, 4.69) is 44.4 Å². The molecule has 2 aliphatic heterocycles. The van der Waals surface area contributed by atoms with Crippen LogP contribution < -0.4 is 0 Å². The van der Waals surface area contributed by atoms with Crippen LogP contribution in [-0.2, 0) is 0 Å². The van der Waals surface area contributed by atoms with Crippen LogP contribution in [0.1, 0.15) is 40.5 Å². The molecule has 14 heavy (non-hydrogen) atoms. The van der Waals surface area contributed by atoms with Gasteiger partial charge in [-0.1, -0.05) is 6.92 Å². The molecule has 0 saturated carbocycles. The average molecular weight is 213 g/mol. The van der Waals surface area contributed by atoms with Crippen LogP contribution in [0.4, 0.5) is 0 Å². The highest BCUT2D eigenvalue weighted by Gasteiger charge is 2.47. The third-order valence-corrected chi connectivity index (χ3v) is 4.98. The van der Waals surface area contributed by atoms with Crippen LogP contribution >= 0.6 is 11.8 Å². The smallest absolute Gasteiger partial charge is 0.0231 e. The lowest BCUT2D eigenvalue weighted by atomic mass is 10.0. The Hall–Kier alpha value is 0.310. The Bertz CT molecular complexity index is 209. The highest BCUT2D eigenvalue weighted by Crippen LogP contribution is 2.43. The zero-order valence-electron chi connectivity index (χ0n) is 9.92. The average Bonchev–Trinajstić information content (AvgIpc) is 2.57. The molecule has 0 aromatic heterocycles. The quantitative estimate of drug-likeness (QED) is 0.659. The van der Waals surface area contributed by atoms with Gasteiger partial charge >= 0.3 is 0 Å². The van der Waals surface area contributed by atoms with Crippen molar-refractivity contribution in [2.75, 3.05) is 11.5 Å². The van der Waals surface area contributed by atoms with E-state index in [0.29, 0.717) is 5.54 Å². The van der Waals surface area contributed by atoms with E-state index >= 15 is 0 Å². The number of nitrogens with zero attached hydrogens (tertiary/aromatic N) is 1. The molecule has 2 fully saturated rings. The van der Waals surface area contributed by atoms with Gasteiger partial charge in [-0.3, -0.25) is 4.90 Å². The second-order valence-electron chi connectivity index (χ2n) is 5.74. The number of likely N-dealkylation sites (tertiary alicyclic amines) is 1. The molecule has 2 saturated heterocycles. The van der Waals surface area contributed by atoms with Crippen LogP contribution in [-0.4, -0.2) is 34.0 Å². The number of hydrogen-bond donors (Lipinski definition) is 0. The predicted octanol–water partition coefficient (Wildman–Crippen LogP) is 3.00. The lowest BCUT2D eigenvalue weighted by Gasteiger charge is -2.40. The largest absolute Gasteiger partial charge is 0.291 e. The van der Waals surface area contributed by atoms with Crippen molar-refractivity contribution in [3.63, 3.8) is 0 Å². The van der Waals surface area contributed by atoms with Crippen LogP contribution in [0.5, 0.6) is 0 Å². The van der Waals surface area contributed by atoms with Gasteiger partial charge in [0.25, 0.3) is 0 Å². The van der Waals surface area contributed by atoms with Gasteiger partial charge in [-0.05, 0) is 45.3 Å². The molecule has 3 unspecified atom stereocenters. The first-order valence-electron chi connectivity index (χ1n) is 5.90. The zero-order valence-corrected chi connectivity index (χ0v) is 10.7. The second kappa shape index (κ2) is 3.71. The van der Waals surface area contributed by atoms with Crippen LogP contribution in [0, 0.1) is 5.92 Å². The number of fused-ring (bicyclic) bond motifs is 1. The second-order valence-corrected chi connectivity index (χ2v) is 6.82.